The highest BCUT2D eigenvalue weighted by Gasteiger charge is 2.34. The summed E-state index contributed by atoms with van der Waals surface area (Å²) in [6.07, 6.45) is -1.57. The van der Waals surface area contributed by atoms with Crippen LogP contribution in [0.4, 0.5) is 19.0 Å². The summed E-state index contributed by atoms with van der Waals surface area (Å²) in [7, 11) is 0. The fourth-order valence-electron chi connectivity index (χ4n) is 2.07. The molecule has 3 nitrogen and oxygen atoms in total. The van der Waals surface area contributed by atoms with Gasteiger partial charge in [0.2, 0.25) is 0 Å². The van der Waals surface area contributed by atoms with Crippen LogP contribution in [0.15, 0.2) is 18.3 Å². The van der Waals surface area contributed by atoms with E-state index >= 15 is 0 Å². The Balaban J connectivity index is 2.13. The maximum Gasteiger partial charge on any atom is 0.419 e. The second-order valence-corrected chi connectivity index (χ2v) is 4.44. The predicted octanol–water partition coefficient (Wildman–Crippen LogP) is 3.08. The van der Waals surface area contributed by atoms with Crippen molar-refractivity contribution < 1.29 is 17.9 Å². The average molecular weight is 260 g/mol. The molecule has 1 saturated heterocycles. The minimum absolute atomic E-state index is 0.0234. The van der Waals surface area contributed by atoms with Crippen LogP contribution in [0.25, 0.3) is 0 Å². The van der Waals surface area contributed by atoms with E-state index in [0.29, 0.717) is 19.4 Å². The highest BCUT2D eigenvalue weighted by molar-refractivity contribution is 5.46. The number of aromatic nitrogens is 1. The van der Waals surface area contributed by atoms with Crippen molar-refractivity contribution in [1.29, 1.82) is 0 Å². The summed E-state index contributed by atoms with van der Waals surface area (Å²) >= 11 is 0. The van der Waals surface area contributed by atoms with Gasteiger partial charge in [-0.25, -0.2) is 4.98 Å². The highest BCUT2D eigenvalue weighted by Crippen LogP contribution is 2.34. The lowest BCUT2D eigenvalue weighted by atomic mass is 10.0. The standard InChI is InChI=1S/C12H15F3N2O/c1-8-7-9(4-6-18-8)17-11-10(12(13,14)15)3-2-5-16-11/h2-3,5,8-9H,4,6-7H2,1H3,(H,16,17). The number of rotatable bonds is 2. The van der Waals surface area contributed by atoms with Gasteiger partial charge in [0.05, 0.1) is 11.7 Å². The van der Waals surface area contributed by atoms with Gasteiger partial charge in [-0.15, -0.1) is 0 Å². The third-order valence-electron chi connectivity index (χ3n) is 2.94. The molecule has 0 radical (unpaired) electrons. The van der Waals surface area contributed by atoms with Gasteiger partial charge in [0, 0.05) is 18.8 Å². The van der Waals surface area contributed by atoms with Gasteiger partial charge in [-0.05, 0) is 31.9 Å². The third kappa shape index (κ3) is 3.13. The largest absolute Gasteiger partial charge is 0.419 e. The van der Waals surface area contributed by atoms with Crippen molar-refractivity contribution in [3.05, 3.63) is 23.9 Å². The molecule has 1 aliphatic heterocycles. The van der Waals surface area contributed by atoms with Crippen LogP contribution in [0, 0.1) is 0 Å². The summed E-state index contributed by atoms with van der Waals surface area (Å²) in [5, 5.41) is 2.88. The van der Waals surface area contributed by atoms with Crippen molar-refractivity contribution in [2.45, 2.75) is 38.1 Å². The molecule has 2 unspecified atom stereocenters. The Hall–Kier alpha value is -1.30. The molecule has 2 rings (SSSR count). The summed E-state index contributed by atoms with van der Waals surface area (Å²) in [6.45, 7) is 2.48. The predicted molar refractivity (Wildman–Crippen MR) is 61.3 cm³/mol. The molecule has 2 heterocycles. The molecule has 6 heteroatoms. The van der Waals surface area contributed by atoms with Crippen LogP contribution in [0.2, 0.25) is 0 Å². The van der Waals surface area contributed by atoms with E-state index in [1.165, 1.54) is 12.3 Å². The third-order valence-corrected chi connectivity index (χ3v) is 2.94. The van der Waals surface area contributed by atoms with E-state index in [1.807, 2.05) is 6.92 Å². The molecule has 100 valence electrons. The minimum Gasteiger partial charge on any atom is -0.378 e. The molecule has 0 saturated carbocycles. The van der Waals surface area contributed by atoms with Crippen molar-refractivity contribution in [2.24, 2.45) is 0 Å². The number of ether oxygens (including phenoxy) is 1. The van der Waals surface area contributed by atoms with Gasteiger partial charge in [0.1, 0.15) is 5.82 Å². The van der Waals surface area contributed by atoms with Gasteiger partial charge >= 0.3 is 6.18 Å². The Morgan fingerprint density at radius 2 is 2.22 bits per heavy atom. The summed E-state index contributed by atoms with van der Waals surface area (Å²) in [4.78, 5) is 3.79. The number of pyridine rings is 1. The fraction of sp³-hybridized carbons (Fsp3) is 0.583. The molecule has 2 atom stereocenters. The fourth-order valence-corrected chi connectivity index (χ4v) is 2.07. The summed E-state index contributed by atoms with van der Waals surface area (Å²) in [5.74, 6) is -0.0934. The first-order chi connectivity index (χ1) is 8.47. The van der Waals surface area contributed by atoms with E-state index in [4.69, 9.17) is 4.74 Å². The lowest BCUT2D eigenvalue weighted by molar-refractivity contribution is -0.137. The van der Waals surface area contributed by atoms with Crippen molar-refractivity contribution in [1.82, 2.24) is 4.98 Å². The molecule has 0 aromatic carbocycles. The van der Waals surface area contributed by atoms with Gasteiger partial charge in [-0.2, -0.15) is 13.2 Å². The van der Waals surface area contributed by atoms with Crippen LogP contribution in [0.3, 0.4) is 0 Å². The number of hydrogen-bond donors (Lipinski definition) is 1. The Morgan fingerprint density at radius 1 is 1.44 bits per heavy atom. The van der Waals surface area contributed by atoms with E-state index in [-0.39, 0.29) is 18.0 Å². The summed E-state index contributed by atoms with van der Waals surface area (Å²) in [6, 6.07) is 2.31. The van der Waals surface area contributed by atoms with Crippen molar-refractivity contribution in [2.75, 3.05) is 11.9 Å². The van der Waals surface area contributed by atoms with E-state index in [2.05, 4.69) is 10.3 Å². The van der Waals surface area contributed by atoms with Crippen LogP contribution in [0.5, 0.6) is 0 Å². The van der Waals surface area contributed by atoms with Gasteiger partial charge in [-0.1, -0.05) is 0 Å². The molecule has 1 fully saturated rings. The molecule has 1 aliphatic rings. The smallest absolute Gasteiger partial charge is 0.378 e. The number of nitrogens with zero attached hydrogens (tertiary/aromatic N) is 1. The quantitative estimate of drug-likeness (QED) is 0.887. The maximum atomic E-state index is 12.8. The molecule has 18 heavy (non-hydrogen) atoms. The number of halogens is 3. The monoisotopic (exact) mass is 260 g/mol. The van der Waals surface area contributed by atoms with Crippen molar-refractivity contribution in [3.8, 4) is 0 Å². The Morgan fingerprint density at radius 3 is 2.89 bits per heavy atom. The second-order valence-electron chi connectivity index (χ2n) is 4.44. The average Bonchev–Trinajstić information content (AvgIpc) is 2.28. The van der Waals surface area contributed by atoms with Crippen molar-refractivity contribution in [3.63, 3.8) is 0 Å². The number of hydrogen-bond acceptors (Lipinski definition) is 3. The number of anilines is 1. The first-order valence-electron chi connectivity index (χ1n) is 5.87. The lowest BCUT2D eigenvalue weighted by Gasteiger charge is -2.29. The normalized spacial score (nSPS) is 24.9. The van der Waals surface area contributed by atoms with Crippen LogP contribution < -0.4 is 5.32 Å². The van der Waals surface area contributed by atoms with E-state index < -0.39 is 11.7 Å². The zero-order valence-corrected chi connectivity index (χ0v) is 10.00. The molecule has 0 bridgehead atoms. The Bertz CT molecular complexity index is 409. The second kappa shape index (κ2) is 5.14. The van der Waals surface area contributed by atoms with Crippen LogP contribution in [-0.4, -0.2) is 23.7 Å². The van der Waals surface area contributed by atoms with Gasteiger partial charge < -0.3 is 10.1 Å². The zero-order valence-electron chi connectivity index (χ0n) is 10.00. The number of nitrogens with one attached hydrogen (secondary N) is 1. The molecular formula is C12H15F3N2O. The zero-order chi connectivity index (χ0) is 13.2. The van der Waals surface area contributed by atoms with Gasteiger partial charge in [0.25, 0.3) is 0 Å². The first kappa shape index (κ1) is 13.1. The van der Waals surface area contributed by atoms with Crippen molar-refractivity contribution >= 4 is 5.82 Å². The first-order valence-corrected chi connectivity index (χ1v) is 5.87. The van der Waals surface area contributed by atoms with E-state index in [1.54, 1.807) is 0 Å². The van der Waals surface area contributed by atoms with Gasteiger partial charge in [-0.3, -0.25) is 0 Å². The SMILES string of the molecule is CC1CC(Nc2ncccc2C(F)(F)F)CCO1. The lowest BCUT2D eigenvalue weighted by Crippen LogP contribution is -2.33. The Labute approximate surface area is 103 Å². The molecule has 0 aliphatic carbocycles. The minimum atomic E-state index is -4.38. The molecule has 1 aromatic heterocycles. The van der Waals surface area contributed by atoms with Crippen LogP contribution >= 0.6 is 0 Å². The van der Waals surface area contributed by atoms with E-state index in [0.717, 1.165) is 6.07 Å². The molecule has 0 spiro atoms. The summed E-state index contributed by atoms with van der Waals surface area (Å²) in [5.41, 5.74) is -0.718. The van der Waals surface area contributed by atoms with Gasteiger partial charge in [0.15, 0.2) is 0 Å². The maximum absolute atomic E-state index is 12.8. The topological polar surface area (TPSA) is 34.2 Å². The molecule has 1 N–H and O–H groups in total. The summed E-state index contributed by atoms with van der Waals surface area (Å²) < 4.78 is 43.7. The number of alkyl halides is 3. The highest BCUT2D eigenvalue weighted by atomic mass is 19.4. The molecule has 0 amide bonds. The Kier molecular flexibility index (Phi) is 3.75. The molecular weight excluding hydrogens is 245 g/mol. The van der Waals surface area contributed by atoms with E-state index in [9.17, 15) is 13.2 Å². The van der Waals surface area contributed by atoms with Crippen LogP contribution in [0.1, 0.15) is 25.3 Å². The van der Waals surface area contributed by atoms with Crippen LogP contribution in [-0.2, 0) is 10.9 Å². The molecule has 1 aromatic rings.